The minimum absolute atomic E-state index is 0.896. The molecule has 0 aliphatic carbocycles. The molecule has 2 nitrogen and oxygen atoms in total. The van der Waals surface area contributed by atoms with E-state index in [1.807, 2.05) is 6.07 Å². The van der Waals surface area contributed by atoms with Gasteiger partial charge in [-0.15, -0.1) is 11.3 Å². The van der Waals surface area contributed by atoms with Crippen molar-refractivity contribution in [3.05, 3.63) is 21.3 Å². The van der Waals surface area contributed by atoms with E-state index in [1.54, 1.807) is 11.3 Å². The van der Waals surface area contributed by atoms with E-state index < -0.39 is 0 Å². The first-order valence-corrected chi connectivity index (χ1v) is 7.84. The van der Waals surface area contributed by atoms with E-state index in [-0.39, 0.29) is 0 Å². The number of nitrogens with zero attached hydrogens (tertiary/aromatic N) is 2. The molecule has 1 saturated heterocycles. The van der Waals surface area contributed by atoms with Crippen LogP contribution in [0.5, 0.6) is 0 Å². The third kappa shape index (κ3) is 3.70. The molecule has 2 rings (SSSR count). The Morgan fingerprint density at radius 3 is 2.44 bits per heavy atom. The van der Waals surface area contributed by atoms with Crippen LogP contribution >= 0.6 is 38.9 Å². The van der Waals surface area contributed by atoms with Crippen molar-refractivity contribution in [3.8, 4) is 0 Å². The molecule has 0 atom stereocenters. The lowest BCUT2D eigenvalue weighted by molar-refractivity contribution is 0.134. The molecule has 0 N–H and O–H groups in total. The minimum Gasteiger partial charge on any atom is -0.300 e. The summed E-state index contributed by atoms with van der Waals surface area (Å²) in [6.07, 6.45) is 0. The summed E-state index contributed by atoms with van der Waals surface area (Å²) in [5.41, 5.74) is 0. The fourth-order valence-corrected chi connectivity index (χ4v) is 3.58. The molecule has 2 heterocycles. The van der Waals surface area contributed by atoms with E-state index >= 15 is 0 Å². The fraction of sp³-hybridized carbons (Fsp3) is 0.636. The normalized spacial score (nSPS) is 19.1. The molecule has 1 aliphatic rings. The molecule has 0 amide bonds. The van der Waals surface area contributed by atoms with Gasteiger partial charge in [0.15, 0.2) is 0 Å². The topological polar surface area (TPSA) is 6.48 Å². The SMILES string of the molecule is Clc1ccc(CN2CCN(CCBr)CC2)s1. The van der Waals surface area contributed by atoms with Crippen LogP contribution < -0.4 is 0 Å². The minimum atomic E-state index is 0.896. The average molecular weight is 324 g/mol. The van der Waals surface area contributed by atoms with Crippen molar-refractivity contribution in [3.63, 3.8) is 0 Å². The van der Waals surface area contributed by atoms with Crippen molar-refractivity contribution in [2.24, 2.45) is 0 Å². The summed E-state index contributed by atoms with van der Waals surface area (Å²) in [6, 6.07) is 4.13. The Kier molecular flexibility index (Phi) is 5.10. The molecule has 1 aliphatic heterocycles. The van der Waals surface area contributed by atoms with Gasteiger partial charge in [0.25, 0.3) is 0 Å². The number of hydrogen-bond donors (Lipinski definition) is 0. The summed E-state index contributed by atoms with van der Waals surface area (Å²) < 4.78 is 0.896. The second-order valence-electron chi connectivity index (χ2n) is 4.01. The van der Waals surface area contributed by atoms with Crippen molar-refractivity contribution in [1.82, 2.24) is 9.80 Å². The number of piperazine rings is 1. The fourth-order valence-electron chi connectivity index (χ4n) is 1.95. The quantitative estimate of drug-likeness (QED) is 0.786. The molecule has 0 saturated carbocycles. The number of thiophene rings is 1. The third-order valence-electron chi connectivity index (χ3n) is 2.87. The van der Waals surface area contributed by atoms with Crippen LogP contribution in [0.1, 0.15) is 4.88 Å². The first-order chi connectivity index (χ1) is 7.78. The maximum atomic E-state index is 5.93. The predicted octanol–water partition coefficient (Wildman–Crippen LogP) is 2.91. The lowest BCUT2D eigenvalue weighted by Gasteiger charge is -2.34. The molecule has 0 aromatic carbocycles. The Bertz CT molecular complexity index is 324. The van der Waals surface area contributed by atoms with Crippen molar-refractivity contribution in [1.29, 1.82) is 0 Å². The molecule has 90 valence electrons. The van der Waals surface area contributed by atoms with Crippen LogP contribution in [-0.4, -0.2) is 47.9 Å². The van der Waals surface area contributed by atoms with Crippen molar-refractivity contribution in [2.75, 3.05) is 38.1 Å². The monoisotopic (exact) mass is 322 g/mol. The molecule has 16 heavy (non-hydrogen) atoms. The highest BCUT2D eigenvalue weighted by molar-refractivity contribution is 9.09. The predicted molar refractivity (Wildman–Crippen MR) is 74.8 cm³/mol. The highest BCUT2D eigenvalue weighted by Crippen LogP contribution is 2.23. The number of halogens is 2. The summed E-state index contributed by atoms with van der Waals surface area (Å²) in [5.74, 6) is 0. The van der Waals surface area contributed by atoms with Crippen LogP contribution in [0.25, 0.3) is 0 Å². The smallest absolute Gasteiger partial charge is 0.0931 e. The summed E-state index contributed by atoms with van der Waals surface area (Å²) >= 11 is 11.1. The van der Waals surface area contributed by atoms with Gasteiger partial charge in [-0.1, -0.05) is 27.5 Å². The van der Waals surface area contributed by atoms with Gasteiger partial charge in [0.2, 0.25) is 0 Å². The van der Waals surface area contributed by atoms with Gasteiger partial charge < -0.3 is 0 Å². The largest absolute Gasteiger partial charge is 0.300 e. The Morgan fingerprint density at radius 2 is 1.88 bits per heavy atom. The highest BCUT2D eigenvalue weighted by Gasteiger charge is 2.16. The summed E-state index contributed by atoms with van der Waals surface area (Å²) in [7, 11) is 0. The third-order valence-corrected chi connectivity index (χ3v) is 4.44. The second kappa shape index (κ2) is 6.36. The Morgan fingerprint density at radius 1 is 1.19 bits per heavy atom. The Hall–Kier alpha value is 0.390. The van der Waals surface area contributed by atoms with Crippen LogP contribution in [0.4, 0.5) is 0 Å². The maximum absolute atomic E-state index is 5.93. The summed E-state index contributed by atoms with van der Waals surface area (Å²) in [5, 5.41) is 1.08. The lowest BCUT2D eigenvalue weighted by atomic mass is 10.3. The Labute approximate surface area is 114 Å². The Balaban J connectivity index is 1.77. The first kappa shape index (κ1) is 12.8. The van der Waals surface area contributed by atoms with Gasteiger partial charge in [0.1, 0.15) is 0 Å². The van der Waals surface area contributed by atoms with Crippen molar-refractivity contribution in [2.45, 2.75) is 6.54 Å². The van der Waals surface area contributed by atoms with E-state index in [0.29, 0.717) is 0 Å². The van der Waals surface area contributed by atoms with Gasteiger partial charge in [0.05, 0.1) is 4.34 Å². The van der Waals surface area contributed by atoms with Gasteiger partial charge in [-0.05, 0) is 12.1 Å². The van der Waals surface area contributed by atoms with Crippen LogP contribution in [0, 0.1) is 0 Å². The maximum Gasteiger partial charge on any atom is 0.0931 e. The van der Waals surface area contributed by atoms with E-state index in [0.717, 1.165) is 16.2 Å². The van der Waals surface area contributed by atoms with E-state index in [1.165, 1.54) is 37.6 Å². The van der Waals surface area contributed by atoms with Crippen LogP contribution in [-0.2, 0) is 6.54 Å². The van der Waals surface area contributed by atoms with Crippen LogP contribution in [0.3, 0.4) is 0 Å². The zero-order valence-corrected chi connectivity index (χ0v) is 12.3. The molecular weight excluding hydrogens is 308 g/mol. The number of rotatable bonds is 4. The van der Waals surface area contributed by atoms with Gasteiger partial charge in [0, 0.05) is 49.5 Å². The van der Waals surface area contributed by atoms with Gasteiger partial charge in [-0.2, -0.15) is 0 Å². The zero-order valence-electron chi connectivity index (χ0n) is 9.16. The molecule has 0 unspecified atom stereocenters. The standard InChI is InChI=1S/C11H16BrClN2S/c12-3-4-14-5-7-15(8-6-14)9-10-1-2-11(13)16-10/h1-2H,3-9H2. The molecule has 0 bridgehead atoms. The number of alkyl halides is 1. The molecular formula is C11H16BrClN2S. The van der Waals surface area contributed by atoms with Gasteiger partial charge >= 0.3 is 0 Å². The zero-order chi connectivity index (χ0) is 11.4. The lowest BCUT2D eigenvalue weighted by Crippen LogP contribution is -2.46. The van der Waals surface area contributed by atoms with Crippen molar-refractivity contribution < 1.29 is 0 Å². The van der Waals surface area contributed by atoms with Gasteiger partial charge in [-0.25, -0.2) is 0 Å². The molecule has 1 fully saturated rings. The van der Waals surface area contributed by atoms with E-state index in [9.17, 15) is 0 Å². The molecule has 5 heteroatoms. The molecule has 0 spiro atoms. The molecule has 1 aromatic heterocycles. The van der Waals surface area contributed by atoms with E-state index in [2.05, 4.69) is 31.8 Å². The summed E-state index contributed by atoms with van der Waals surface area (Å²) in [4.78, 5) is 6.39. The highest BCUT2D eigenvalue weighted by atomic mass is 79.9. The van der Waals surface area contributed by atoms with Crippen LogP contribution in [0.2, 0.25) is 4.34 Å². The first-order valence-electron chi connectivity index (χ1n) is 5.53. The second-order valence-corrected chi connectivity index (χ2v) is 6.61. The summed E-state index contributed by atoms with van der Waals surface area (Å²) in [6.45, 7) is 6.93. The van der Waals surface area contributed by atoms with E-state index in [4.69, 9.17) is 11.6 Å². The average Bonchev–Trinajstić information content (AvgIpc) is 2.67. The number of hydrogen-bond acceptors (Lipinski definition) is 3. The molecule has 0 radical (unpaired) electrons. The van der Waals surface area contributed by atoms with Crippen LogP contribution in [0.15, 0.2) is 12.1 Å². The van der Waals surface area contributed by atoms with Gasteiger partial charge in [-0.3, -0.25) is 9.80 Å². The molecule has 1 aromatic rings. The van der Waals surface area contributed by atoms with Crippen molar-refractivity contribution >= 4 is 38.9 Å².